The number of carbonyl (C=O) groups is 1. The highest BCUT2D eigenvalue weighted by atomic mass is 19.1. The topological polar surface area (TPSA) is 108 Å². The third kappa shape index (κ3) is 5.46. The molecule has 3 aliphatic rings. The van der Waals surface area contributed by atoms with Gasteiger partial charge in [0.1, 0.15) is 17.5 Å². The zero-order valence-electron chi connectivity index (χ0n) is 23.9. The maximum absolute atomic E-state index is 14.8. The molecular weight excluding hydrogens is 547 g/mol. The molecule has 0 radical (unpaired) electrons. The number of carboxylic acids is 1. The molecule has 4 heterocycles. The highest BCUT2D eigenvalue weighted by Gasteiger charge is 2.27. The lowest BCUT2D eigenvalue weighted by atomic mass is 9.81. The van der Waals surface area contributed by atoms with Crippen molar-refractivity contribution in [2.24, 2.45) is 0 Å². The molecular formula is C33H33FN6O3. The molecule has 0 saturated carbocycles. The van der Waals surface area contributed by atoms with E-state index in [0.717, 1.165) is 86.0 Å². The normalized spacial score (nSPS) is 20.4. The number of piperazine rings is 1. The average molecular weight is 581 g/mol. The number of nitrogens with zero attached hydrogens (tertiary/aromatic N) is 6. The molecule has 2 fully saturated rings. The molecule has 9 nitrogen and oxygen atoms in total. The van der Waals surface area contributed by atoms with Crippen molar-refractivity contribution in [3.05, 3.63) is 88.1 Å². The minimum Gasteiger partial charge on any atom is -0.478 e. The predicted octanol–water partition coefficient (Wildman–Crippen LogP) is 4.52. The monoisotopic (exact) mass is 580 g/mol. The first kappa shape index (κ1) is 27.5. The van der Waals surface area contributed by atoms with Crippen molar-refractivity contribution in [1.29, 1.82) is 5.26 Å². The fourth-order valence-corrected chi connectivity index (χ4v) is 6.58. The number of imidazole rings is 1. The van der Waals surface area contributed by atoms with Gasteiger partial charge in [0.15, 0.2) is 0 Å². The molecule has 10 heteroatoms. The van der Waals surface area contributed by atoms with Crippen LogP contribution in [-0.4, -0.2) is 69.4 Å². The minimum atomic E-state index is -0.945. The van der Waals surface area contributed by atoms with Crippen LogP contribution in [0.1, 0.15) is 57.3 Å². The highest BCUT2D eigenvalue weighted by molar-refractivity contribution is 5.92. The second-order valence-corrected chi connectivity index (χ2v) is 11.8. The molecule has 4 aromatic rings. The molecule has 0 bridgehead atoms. The number of benzene rings is 2. The van der Waals surface area contributed by atoms with Crippen LogP contribution in [0.4, 0.5) is 10.2 Å². The number of nitriles is 1. The number of halogens is 1. The molecule has 0 amide bonds. The molecule has 1 N–H and O–H groups in total. The summed E-state index contributed by atoms with van der Waals surface area (Å²) in [6.07, 6.45) is 3.34. The summed E-state index contributed by atoms with van der Waals surface area (Å²) in [7, 11) is 0. The van der Waals surface area contributed by atoms with Gasteiger partial charge in [0.05, 0.1) is 47.4 Å². The first-order valence-corrected chi connectivity index (χ1v) is 14.9. The third-order valence-electron chi connectivity index (χ3n) is 9.12. The van der Waals surface area contributed by atoms with E-state index < -0.39 is 5.97 Å². The van der Waals surface area contributed by atoms with Crippen LogP contribution in [0.3, 0.4) is 0 Å². The standard InChI is InChI=1S/C33H33FN6O3/c34-27-15-21(18-35)14-22-4-5-23(16-26(22)27)28-2-1-3-31(36-28)39-11-9-38(10-12-39)20-32-37-29-7-6-24(33(41)42)17-30(29)40(32)19-25-8-13-43-25/h1-3,6-7,14-15,17,23,25H,4-5,8-13,16,19-20H2,(H,41,42)/t23?,25-/m0/s1. The summed E-state index contributed by atoms with van der Waals surface area (Å²) < 4.78 is 22.6. The fourth-order valence-electron chi connectivity index (χ4n) is 6.58. The van der Waals surface area contributed by atoms with Crippen LogP contribution in [0, 0.1) is 17.1 Å². The molecule has 1 aliphatic carbocycles. The van der Waals surface area contributed by atoms with Gasteiger partial charge in [-0.2, -0.15) is 5.26 Å². The van der Waals surface area contributed by atoms with Gasteiger partial charge in [-0.15, -0.1) is 0 Å². The quantitative estimate of drug-likeness (QED) is 0.340. The van der Waals surface area contributed by atoms with Gasteiger partial charge in [0, 0.05) is 44.4 Å². The largest absolute Gasteiger partial charge is 0.478 e. The molecule has 2 aromatic heterocycles. The maximum atomic E-state index is 14.8. The smallest absolute Gasteiger partial charge is 0.335 e. The van der Waals surface area contributed by atoms with E-state index >= 15 is 0 Å². The molecule has 220 valence electrons. The zero-order valence-corrected chi connectivity index (χ0v) is 23.9. The van der Waals surface area contributed by atoms with Crippen molar-refractivity contribution in [3.63, 3.8) is 0 Å². The van der Waals surface area contributed by atoms with Crippen LogP contribution in [-0.2, 0) is 30.7 Å². The van der Waals surface area contributed by atoms with Crippen LogP contribution in [0.15, 0.2) is 48.5 Å². The van der Waals surface area contributed by atoms with Crippen molar-refractivity contribution < 1.29 is 19.0 Å². The van der Waals surface area contributed by atoms with Gasteiger partial charge in [-0.25, -0.2) is 19.2 Å². The van der Waals surface area contributed by atoms with Gasteiger partial charge in [-0.1, -0.05) is 6.07 Å². The van der Waals surface area contributed by atoms with Gasteiger partial charge in [-0.3, -0.25) is 4.90 Å². The third-order valence-corrected chi connectivity index (χ3v) is 9.12. The van der Waals surface area contributed by atoms with Crippen LogP contribution in [0.5, 0.6) is 0 Å². The van der Waals surface area contributed by atoms with E-state index in [1.165, 1.54) is 6.07 Å². The Balaban J connectivity index is 1.03. The van der Waals surface area contributed by atoms with Crippen LogP contribution in [0.25, 0.3) is 11.0 Å². The summed E-state index contributed by atoms with van der Waals surface area (Å²) in [6, 6.07) is 16.5. The Labute approximate surface area is 249 Å². The Morgan fingerprint density at radius 1 is 1.09 bits per heavy atom. The van der Waals surface area contributed by atoms with E-state index in [4.69, 9.17) is 14.7 Å². The lowest BCUT2D eigenvalue weighted by molar-refractivity contribution is -0.0592. The number of aromatic carboxylic acids is 1. The van der Waals surface area contributed by atoms with E-state index in [-0.39, 0.29) is 23.4 Å². The van der Waals surface area contributed by atoms with Crippen molar-refractivity contribution in [3.8, 4) is 6.07 Å². The van der Waals surface area contributed by atoms with Crippen molar-refractivity contribution in [1.82, 2.24) is 19.4 Å². The second-order valence-electron chi connectivity index (χ2n) is 11.8. The summed E-state index contributed by atoms with van der Waals surface area (Å²) >= 11 is 0. The number of rotatable bonds is 7. The van der Waals surface area contributed by atoms with E-state index in [0.29, 0.717) is 30.6 Å². The zero-order chi connectivity index (χ0) is 29.5. The SMILES string of the molecule is N#Cc1cc(F)c2c(c1)CCC(c1cccc(N3CCN(Cc4nc5ccc(C(=O)O)cc5n4C[C@@H]4CCO4)CC3)n1)C2. The van der Waals surface area contributed by atoms with E-state index in [9.17, 15) is 19.6 Å². The number of hydrogen-bond donors (Lipinski definition) is 1. The van der Waals surface area contributed by atoms with Crippen molar-refractivity contribution in [2.75, 3.05) is 37.7 Å². The van der Waals surface area contributed by atoms with Gasteiger partial charge in [-0.05, 0) is 79.3 Å². The Hall–Kier alpha value is -4.33. The van der Waals surface area contributed by atoms with Gasteiger partial charge < -0.3 is 19.3 Å². The Bertz CT molecular complexity index is 1730. The van der Waals surface area contributed by atoms with Gasteiger partial charge in [0.25, 0.3) is 0 Å². The number of fused-ring (bicyclic) bond motifs is 2. The number of aryl methyl sites for hydroxylation is 1. The Morgan fingerprint density at radius 2 is 1.93 bits per heavy atom. The number of anilines is 1. The highest BCUT2D eigenvalue weighted by Crippen LogP contribution is 2.34. The van der Waals surface area contributed by atoms with Crippen molar-refractivity contribution in [2.45, 2.75) is 50.8 Å². The summed E-state index contributed by atoms with van der Waals surface area (Å²) in [5, 5.41) is 18.7. The van der Waals surface area contributed by atoms with Crippen LogP contribution >= 0.6 is 0 Å². The summed E-state index contributed by atoms with van der Waals surface area (Å²) in [6.45, 7) is 5.44. The summed E-state index contributed by atoms with van der Waals surface area (Å²) in [4.78, 5) is 26.2. The number of carboxylic acid groups (broad SMARTS) is 1. The maximum Gasteiger partial charge on any atom is 0.335 e. The molecule has 2 aliphatic heterocycles. The first-order chi connectivity index (χ1) is 20.9. The molecule has 7 rings (SSSR count). The van der Waals surface area contributed by atoms with Crippen LogP contribution < -0.4 is 4.90 Å². The van der Waals surface area contributed by atoms with E-state index in [2.05, 4.69) is 20.4 Å². The molecule has 43 heavy (non-hydrogen) atoms. The summed E-state index contributed by atoms with van der Waals surface area (Å²) in [5.74, 6) is 0.777. The summed E-state index contributed by atoms with van der Waals surface area (Å²) in [5.41, 5.74) is 4.92. The number of ether oxygens (including phenoxy) is 1. The fraction of sp³-hybridized carbons (Fsp3) is 0.394. The predicted molar refractivity (Wildman–Crippen MR) is 159 cm³/mol. The minimum absolute atomic E-state index is 0.129. The van der Waals surface area contributed by atoms with Crippen molar-refractivity contribution >= 4 is 22.8 Å². The number of hydrogen-bond acceptors (Lipinski definition) is 7. The van der Waals surface area contributed by atoms with E-state index in [1.807, 2.05) is 24.3 Å². The lowest BCUT2D eigenvalue weighted by Crippen LogP contribution is -2.46. The molecule has 2 aromatic carbocycles. The molecule has 1 unspecified atom stereocenters. The lowest BCUT2D eigenvalue weighted by Gasteiger charge is -2.36. The average Bonchev–Trinajstić information content (AvgIpc) is 3.34. The number of aromatic nitrogens is 3. The second kappa shape index (κ2) is 11.4. The molecule has 0 spiro atoms. The first-order valence-electron chi connectivity index (χ1n) is 14.9. The Kier molecular flexibility index (Phi) is 7.29. The number of pyridine rings is 1. The Morgan fingerprint density at radius 3 is 2.67 bits per heavy atom. The molecule has 2 saturated heterocycles. The van der Waals surface area contributed by atoms with E-state index in [1.54, 1.807) is 18.2 Å². The van der Waals surface area contributed by atoms with Gasteiger partial charge in [0.2, 0.25) is 0 Å². The molecule has 2 atom stereocenters. The van der Waals surface area contributed by atoms with Crippen LogP contribution in [0.2, 0.25) is 0 Å². The van der Waals surface area contributed by atoms with Gasteiger partial charge >= 0.3 is 5.97 Å².